The van der Waals surface area contributed by atoms with Crippen LogP contribution in [0.3, 0.4) is 0 Å². The first-order valence-electron chi connectivity index (χ1n) is 11.6. The van der Waals surface area contributed by atoms with Crippen LogP contribution in [0.2, 0.25) is 0 Å². The van der Waals surface area contributed by atoms with E-state index in [1.54, 1.807) is 12.1 Å². The second kappa shape index (κ2) is 9.46. The van der Waals surface area contributed by atoms with Crippen molar-refractivity contribution < 1.29 is 9.18 Å². The standard InChI is InChI=1S/C24H36FN3O/c1-19-17-21(25)7-8-23(19)26-15-10-22(11-16-26)28-14-4-5-20(18-28)6-9-24(29)27-12-2-3-13-27/h7-8,17,20,22H,2-6,9-16,18H2,1H3. The third kappa shape index (κ3) is 5.11. The van der Waals surface area contributed by atoms with E-state index in [4.69, 9.17) is 0 Å². The average Bonchev–Trinajstić information content (AvgIpc) is 3.28. The predicted molar refractivity (Wildman–Crippen MR) is 116 cm³/mol. The molecule has 0 saturated carbocycles. The normalized spacial score (nSPS) is 24.3. The Bertz CT molecular complexity index is 695. The van der Waals surface area contributed by atoms with E-state index in [2.05, 4.69) is 14.7 Å². The highest BCUT2D eigenvalue weighted by molar-refractivity contribution is 5.76. The largest absolute Gasteiger partial charge is 0.371 e. The van der Waals surface area contributed by atoms with Crippen LogP contribution in [0, 0.1) is 18.7 Å². The van der Waals surface area contributed by atoms with Crippen LogP contribution in [-0.2, 0) is 4.79 Å². The number of hydrogen-bond donors (Lipinski definition) is 0. The lowest BCUT2D eigenvalue weighted by Crippen LogP contribution is -2.48. The van der Waals surface area contributed by atoms with Crippen LogP contribution in [-0.4, -0.2) is 61.0 Å². The number of anilines is 1. The molecule has 3 aliphatic heterocycles. The molecular weight excluding hydrogens is 365 g/mol. The fourth-order valence-corrected chi connectivity index (χ4v) is 5.56. The summed E-state index contributed by atoms with van der Waals surface area (Å²) in [6.45, 7) is 8.41. The summed E-state index contributed by atoms with van der Waals surface area (Å²) in [5.41, 5.74) is 2.21. The molecule has 3 heterocycles. The fraction of sp³-hybridized carbons (Fsp3) is 0.708. The van der Waals surface area contributed by atoms with E-state index < -0.39 is 0 Å². The van der Waals surface area contributed by atoms with Crippen LogP contribution in [0.5, 0.6) is 0 Å². The van der Waals surface area contributed by atoms with E-state index in [1.165, 1.54) is 50.8 Å². The molecule has 1 atom stereocenters. The van der Waals surface area contributed by atoms with Crippen LogP contribution in [0.4, 0.5) is 10.1 Å². The minimum atomic E-state index is -0.149. The molecule has 5 heteroatoms. The van der Waals surface area contributed by atoms with Gasteiger partial charge in [0.05, 0.1) is 0 Å². The van der Waals surface area contributed by atoms with E-state index in [-0.39, 0.29) is 5.82 Å². The van der Waals surface area contributed by atoms with Crippen molar-refractivity contribution in [2.24, 2.45) is 5.92 Å². The SMILES string of the molecule is Cc1cc(F)ccc1N1CCC(N2CCCC(CCC(=O)N3CCCC3)C2)CC1. The van der Waals surface area contributed by atoms with Gasteiger partial charge in [0.15, 0.2) is 0 Å². The molecule has 29 heavy (non-hydrogen) atoms. The van der Waals surface area contributed by atoms with Crippen LogP contribution in [0.15, 0.2) is 18.2 Å². The van der Waals surface area contributed by atoms with E-state index in [0.29, 0.717) is 17.9 Å². The number of carbonyl (C=O) groups is 1. The van der Waals surface area contributed by atoms with Crippen molar-refractivity contribution in [2.75, 3.05) is 44.2 Å². The number of amides is 1. The molecule has 0 N–H and O–H groups in total. The molecule has 3 fully saturated rings. The summed E-state index contributed by atoms with van der Waals surface area (Å²) in [4.78, 5) is 19.6. The van der Waals surface area contributed by atoms with Crippen molar-refractivity contribution in [1.82, 2.24) is 9.80 Å². The van der Waals surface area contributed by atoms with Gasteiger partial charge in [0.2, 0.25) is 5.91 Å². The molecule has 1 amide bonds. The van der Waals surface area contributed by atoms with Crippen LogP contribution in [0.1, 0.15) is 56.9 Å². The summed E-state index contributed by atoms with van der Waals surface area (Å²) in [5.74, 6) is 0.902. The zero-order valence-corrected chi connectivity index (χ0v) is 17.9. The van der Waals surface area contributed by atoms with Crippen molar-refractivity contribution >= 4 is 11.6 Å². The van der Waals surface area contributed by atoms with Gasteiger partial charge < -0.3 is 9.80 Å². The molecule has 1 unspecified atom stereocenters. The molecule has 4 nitrogen and oxygen atoms in total. The maximum Gasteiger partial charge on any atom is 0.222 e. The number of nitrogens with zero attached hydrogens (tertiary/aromatic N) is 3. The predicted octanol–water partition coefficient (Wildman–Crippen LogP) is 4.22. The molecule has 0 spiro atoms. The highest BCUT2D eigenvalue weighted by Gasteiger charge is 2.30. The van der Waals surface area contributed by atoms with Gasteiger partial charge in [-0.2, -0.15) is 0 Å². The van der Waals surface area contributed by atoms with Crippen molar-refractivity contribution in [3.8, 4) is 0 Å². The summed E-state index contributed by atoms with van der Waals surface area (Å²) in [5, 5.41) is 0. The molecule has 0 radical (unpaired) electrons. The maximum absolute atomic E-state index is 13.4. The fourth-order valence-electron chi connectivity index (χ4n) is 5.56. The number of likely N-dealkylation sites (tertiary alicyclic amines) is 2. The number of hydrogen-bond acceptors (Lipinski definition) is 3. The van der Waals surface area contributed by atoms with Gasteiger partial charge >= 0.3 is 0 Å². The van der Waals surface area contributed by atoms with Gasteiger partial charge in [-0.1, -0.05) is 0 Å². The summed E-state index contributed by atoms with van der Waals surface area (Å²) < 4.78 is 13.4. The second-order valence-corrected chi connectivity index (χ2v) is 9.28. The monoisotopic (exact) mass is 401 g/mol. The van der Waals surface area contributed by atoms with Crippen molar-refractivity contribution in [3.63, 3.8) is 0 Å². The number of halogens is 1. The zero-order chi connectivity index (χ0) is 20.2. The Hall–Kier alpha value is -1.62. The zero-order valence-electron chi connectivity index (χ0n) is 17.9. The molecule has 1 aromatic rings. The first kappa shape index (κ1) is 20.6. The second-order valence-electron chi connectivity index (χ2n) is 9.28. The molecular formula is C24H36FN3O. The lowest BCUT2D eigenvalue weighted by molar-refractivity contribution is -0.130. The molecule has 160 valence electrons. The summed E-state index contributed by atoms with van der Waals surface area (Å²) in [7, 11) is 0. The molecule has 4 rings (SSSR count). The number of piperidine rings is 2. The topological polar surface area (TPSA) is 26.8 Å². The first-order valence-corrected chi connectivity index (χ1v) is 11.6. The van der Waals surface area contributed by atoms with E-state index in [1.807, 2.05) is 13.0 Å². The Labute approximate surface area is 175 Å². The maximum atomic E-state index is 13.4. The van der Waals surface area contributed by atoms with Crippen molar-refractivity contribution in [2.45, 2.75) is 64.3 Å². The summed E-state index contributed by atoms with van der Waals surface area (Å²) >= 11 is 0. The summed E-state index contributed by atoms with van der Waals surface area (Å²) in [6, 6.07) is 5.80. The average molecular weight is 402 g/mol. The third-order valence-corrected chi connectivity index (χ3v) is 7.26. The molecule has 3 saturated heterocycles. The van der Waals surface area contributed by atoms with E-state index >= 15 is 0 Å². The van der Waals surface area contributed by atoms with E-state index in [9.17, 15) is 9.18 Å². The van der Waals surface area contributed by atoms with Gasteiger partial charge in [-0.15, -0.1) is 0 Å². The highest BCUT2D eigenvalue weighted by Crippen LogP contribution is 2.29. The van der Waals surface area contributed by atoms with Crippen LogP contribution < -0.4 is 4.90 Å². The highest BCUT2D eigenvalue weighted by atomic mass is 19.1. The molecule has 0 aliphatic carbocycles. The van der Waals surface area contributed by atoms with Crippen molar-refractivity contribution in [1.29, 1.82) is 0 Å². The smallest absolute Gasteiger partial charge is 0.222 e. The van der Waals surface area contributed by atoms with Gasteiger partial charge in [-0.3, -0.25) is 9.69 Å². The van der Waals surface area contributed by atoms with E-state index in [0.717, 1.165) is 51.1 Å². The lowest BCUT2D eigenvalue weighted by Gasteiger charge is -2.43. The van der Waals surface area contributed by atoms with Crippen molar-refractivity contribution in [3.05, 3.63) is 29.6 Å². The third-order valence-electron chi connectivity index (χ3n) is 7.26. The number of aryl methyl sites for hydroxylation is 1. The summed E-state index contributed by atoms with van der Waals surface area (Å²) in [6.07, 6.45) is 9.04. The quantitative estimate of drug-likeness (QED) is 0.739. The van der Waals surface area contributed by atoms with Gasteiger partial charge in [-0.25, -0.2) is 4.39 Å². The Kier molecular flexibility index (Phi) is 6.74. The number of carbonyl (C=O) groups excluding carboxylic acids is 1. The first-order chi connectivity index (χ1) is 14.1. The Balaban J connectivity index is 1.24. The molecule has 0 aromatic heterocycles. The van der Waals surface area contributed by atoms with Gasteiger partial charge in [0, 0.05) is 50.9 Å². The Morgan fingerprint density at radius 3 is 2.52 bits per heavy atom. The Morgan fingerprint density at radius 2 is 1.79 bits per heavy atom. The number of benzene rings is 1. The van der Waals surface area contributed by atoms with Gasteiger partial charge in [-0.05, 0) is 88.1 Å². The molecule has 3 aliphatic rings. The van der Waals surface area contributed by atoms with Crippen LogP contribution in [0.25, 0.3) is 0 Å². The molecule has 0 bridgehead atoms. The Morgan fingerprint density at radius 1 is 1.03 bits per heavy atom. The number of rotatable bonds is 5. The lowest BCUT2D eigenvalue weighted by atomic mass is 9.90. The molecule has 1 aromatic carbocycles. The van der Waals surface area contributed by atoms with Gasteiger partial charge in [0.1, 0.15) is 5.82 Å². The van der Waals surface area contributed by atoms with Gasteiger partial charge in [0.25, 0.3) is 0 Å². The minimum Gasteiger partial charge on any atom is -0.371 e. The minimum absolute atomic E-state index is 0.149. The van der Waals surface area contributed by atoms with Crippen LogP contribution >= 0.6 is 0 Å².